The average molecular weight is 418 g/mol. The zero-order valence-corrected chi connectivity index (χ0v) is 14.4. The fraction of sp³-hybridized carbons (Fsp3) is 0.133. The maximum Gasteiger partial charge on any atom is 0.252 e. The summed E-state index contributed by atoms with van der Waals surface area (Å²) in [5.41, 5.74) is 1.58. The van der Waals surface area contributed by atoms with Gasteiger partial charge >= 0.3 is 0 Å². The van der Waals surface area contributed by atoms with E-state index in [0.29, 0.717) is 15.9 Å². The monoisotopic (exact) mass is 415 g/mol. The van der Waals surface area contributed by atoms with E-state index in [-0.39, 0.29) is 11.9 Å². The third-order valence-corrected chi connectivity index (χ3v) is 4.41. The molecule has 0 bridgehead atoms. The number of amides is 1. The van der Waals surface area contributed by atoms with Gasteiger partial charge in [0.2, 0.25) is 0 Å². The van der Waals surface area contributed by atoms with Gasteiger partial charge in [0.1, 0.15) is 0 Å². The quantitative estimate of drug-likeness (QED) is 0.700. The van der Waals surface area contributed by atoms with Gasteiger partial charge in [-0.2, -0.15) is 0 Å². The van der Waals surface area contributed by atoms with Crippen molar-refractivity contribution in [2.45, 2.75) is 6.04 Å². The minimum atomic E-state index is -0.160. The van der Waals surface area contributed by atoms with Gasteiger partial charge in [0.25, 0.3) is 5.91 Å². The Labute approximate surface area is 139 Å². The van der Waals surface area contributed by atoms with Crippen molar-refractivity contribution in [1.82, 2.24) is 5.32 Å². The summed E-state index contributed by atoms with van der Waals surface area (Å²) in [6.45, 7) is 0. The van der Waals surface area contributed by atoms with E-state index < -0.39 is 0 Å². The van der Waals surface area contributed by atoms with E-state index in [1.807, 2.05) is 30.3 Å². The Kier molecular flexibility index (Phi) is 5.64. The highest BCUT2D eigenvalue weighted by atomic mass is 79.9. The molecule has 20 heavy (non-hydrogen) atoms. The second-order valence-electron chi connectivity index (χ2n) is 4.22. The second kappa shape index (κ2) is 7.25. The van der Waals surface area contributed by atoms with Crippen LogP contribution in [-0.2, 0) is 0 Å². The second-order valence-corrected chi connectivity index (χ2v) is 6.15. The van der Waals surface area contributed by atoms with Gasteiger partial charge in [-0.3, -0.25) is 4.79 Å². The Morgan fingerprint density at radius 3 is 2.55 bits per heavy atom. The summed E-state index contributed by atoms with van der Waals surface area (Å²) in [6.07, 6.45) is 0. The Morgan fingerprint density at radius 2 is 1.90 bits per heavy atom. The lowest BCUT2D eigenvalue weighted by Gasteiger charge is -2.17. The molecule has 0 aliphatic rings. The summed E-state index contributed by atoms with van der Waals surface area (Å²) in [7, 11) is 0. The van der Waals surface area contributed by atoms with Crippen LogP contribution in [0.15, 0.2) is 53.0 Å². The molecule has 1 N–H and O–H groups in total. The van der Waals surface area contributed by atoms with Gasteiger partial charge in [-0.25, -0.2) is 0 Å². The summed E-state index contributed by atoms with van der Waals surface area (Å²) in [6, 6.07) is 14.9. The lowest BCUT2D eigenvalue weighted by Crippen LogP contribution is -2.29. The number of hydrogen-bond donors (Lipinski definition) is 1. The van der Waals surface area contributed by atoms with Gasteiger partial charge < -0.3 is 5.32 Å². The van der Waals surface area contributed by atoms with Crippen molar-refractivity contribution in [1.29, 1.82) is 0 Å². The van der Waals surface area contributed by atoms with Crippen LogP contribution in [0, 0.1) is 0 Å². The summed E-state index contributed by atoms with van der Waals surface area (Å²) in [4.78, 5) is 12.3. The highest BCUT2D eigenvalue weighted by molar-refractivity contribution is 9.10. The molecule has 2 aromatic carbocycles. The van der Waals surface area contributed by atoms with Crippen LogP contribution >= 0.6 is 43.5 Å². The molecule has 0 saturated carbocycles. The van der Waals surface area contributed by atoms with Crippen molar-refractivity contribution in [3.05, 3.63) is 69.2 Å². The average Bonchev–Trinajstić information content (AvgIpc) is 2.48. The molecular formula is C15H12Br2ClNO. The molecule has 0 aliphatic carbocycles. The van der Waals surface area contributed by atoms with Gasteiger partial charge in [0.15, 0.2) is 0 Å². The topological polar surface area (TPSA) is 29.1 Å². The smallest absolute Gasteiger partial charge is 0.252 e. The van der Waals surface area contributed by atoms with E-state index in [9.17, 15) is 4.79 Å². The number of carbonyl (C=O) groups is 1. The fourth-order valence-electron chi connectivity index (χ4n) is 1.80. The Hall–Kier alpha value is -0.840. The predicted molar refractivity (Wildman–Crippen MR) is 89.6 cm³/mol. The van der Waals surface area contributed by atoms with Crippen molar-refractivity contribution in [2.75, 3.05) is 5.33 Å². The highest BCUT2D eigenvalue weighted by Crippen LogP contribution is 2.23. The van der Waals surface area contributed by atoms with E-state index in [2.05, 4.69) is 37.2 Å². The highest BCUT2D eigenvalue weighted by Gasteiger charge is 2.16. The Bertz CT molecular complexity index is 604. The Balaban J connectivity index is 2.20. The van der Waals surface area contributed by atoms with Crippen molar-refractivity contribution in [3.8, 4) is 0 Å². The first-order chi connectivity index (χ1) is 9.61. The van der Waals surface area contributed by atoms with Crippen LogP contribution in [0.2, 0.25) is 5.02 Å². The molecule has 1 amide bonds. The number of benzene rings is 2. The molecule has 2 nitrogen and oxygen atoms in total. The lowest BCUT2D eigenvalue weighted by atomic mass is 10.1. The molecular weight excluding hydrogens is 405 g/mol. The van der Waals surface area contributed by atoms with Crippen LogP contribution in [0.3, 0.4) is 0 Å². The van der Waals surface area contributed by atoms with Crippen LogP contribution in [0.5, 0.6) is 0 Å². The molecule has 2 rings (SSSR count). The van der Waals surface area contributed by atoms with Gasteiger partial charge in [0, 0.05) is 14.8 Å². The van der Waals surface area contributed by atoms with Crippen LogP contribution in [0.4, 0.5) is 0 Å². The molecule has 2 aromatic rings. The maximum absolute atomic E-state index is 12.3. The van der Waals surface area contributed by atoms with Crippen LogP contribution in [0.25, 0.3) is 0 Å². The number of halogens is 3. The van der Waals surface area contributed by atoms with E-state index >= 15 is 0 Å². The van der Waals surface area contributed by atoms with Crippen LogP contribution < -0.4 is 5.32 Å². The van der Waals surface area contributed by atoms with Gasteiger partial charge in [0.05, 0.1) is 11.6 Å². The van der Waals surface area contributed by atoms with Gasteiger partial charge in [-0.05, 0) is 39.7 Å². The molecule has 0 radical (unpaired) electrons. The summed E-state index contributed by atoms with van der Waals surface area (Å²) in [5.74, 6) is -0.160. The predicted octanol–water partition coefficient (Wildman–Crippen LogP) is 4.97. The fourth-order valence-corrected chi connectivity index (χ4v) is 2.94. The lowest BCUT2D eigenvalue weighted by molar-refractivity contribution is 0.0940. The molecule has 0 aromatic heterocycles. The summed E-state index contributed by atoms with van der Waals surface area (Å²) >= 11 is 12.7. The van der Waals surface area contributed by atoms with Crippen molar-refractivity contribution in [2.24, 2.45) is 0 Å². The molecule has 1 atom stereocenters. The number of carbonyl (C=O) groups excluding carboxylic acids is 1. The minimum Gasteiger partial charge on any atom is -0.344 e. The van der Waals surface area contributed by atoms with E-state index in [4.69, 9.17) is 11.6 Å². The first-order valence-corrected chi connectivity index (χ1v) is 8.28. The number of rotatable bonds is 4. The normalized spacial score (nSPS) is 11.9. The first-order valence-electron chi connectivity index (χ1n) is 5.98. The number of nitrogens with one attached hydrogen (secondary N) is 1. The maximum atomic E-state index is 12.3. The molecule has 5 heteroatoms. The third kappa shape index (κ3) is 3.84. The largest absolute Gasteiger partial charge is 0.344 e. The molecule has 104 valence electrons. The molecule has 1 unspecified atom stereocenters. The zero-order chi connectivity index (χ0) is 14.5. The molecule has 0 fully saturated rings. The van der Waals surface area contributed by atoms with Gasteiger partial charge in [-0.15, -0.1) is 0 Å². The molecule has 0 saturated heterocycles. The molecule has 0 aliphatic heterocycles. The van der Waals surface area contributed by atoms with Crippen LogP contribution in [0.1, 0.15) is 22.0 Å². The van der Waals surface area contributed by atoms with E-state index in [1.54, 1.807) is 18.2 Å². The summed E-state index contributed by atoms with van der Waals surface area (Å²) in [5, 5.41) is 4.17. The van der Waals surface area contributed by atoms with Crippen molar-refractivity contribution < 1.29 is 4.79 Å². The van der Waals surface area contributed by atoms with E-state index in [1.165, 1.54) is 0 Å². The molecule has 0 spiro atoms. The standard InChI is InChI=1S/C15H12Br2ClNO/c16-9-14(10-4-2-1-3-5-10)19-15(20)12-8-11(18)6-7-13(12)17/h1-8,14H,9H2,(H,19,20). The number of hydrogen-bond acceptors (Lipinski definition) is 1. The minimum absolute atomic E-state index is 0.0884. The zero-order valence-electron chi connectivity index (χ0n) is 10.4. The summed E-state index contributed by atoms with van der Waals surface area (Å²) < 4.78 is 0.723. The Morgan fingerprint density at radius 1 is 1.20 bits per heavy atom. The van der Waals surface area contributed by atoms with Gasteiger partial charge in [-0.1, -0.05) is 57.9 Å². The third-order valence-electron chi connectivity index (χ3n) is 2.83. The van der Waals surface area contributed by atoms with Crippen molar-refractivity contribution in [3.63, 3.8) is 0 Å². The SMILES string of the molecule is O=C(NC(CBr)c1ccccc1)c1cc(Cl)ccc1Br. The number of alkyl halides is 1. The first kappa shape index (κ1) is 15.5. The van der Waals surface area contributed by atoms with Crippen LogP contribution in [-0.4, -0.2) is 11.2 Å². The van der Waals surface area contributed by atoms with Crippen molar-refractivity contribution >= 4 is 49.4 Å². The van der Waals surface area contributed by atoms with E-state index in [0.717, 1.165) is 10.0 Å². The molecule has 0 heterocycles.